The van der Waals surface area contributed by atoms with E-state index in [1.165, 1.54) is 6.07 Å². The molecule has 6 nitrogen and oxygen atoms in total. The maximum absolute atomic E-state index is 13.6. The summed E-state index contributed by atoms with van der Waals surface area (Å²) in [4.78, 5) is 12.9. The number of nitrogens with zero attached hydrogens (tertiary/aromatic N) is 4. The van der Waals surface area contributed by atoms with Crippen LogP contribution in [0.4, 0.5) is 4.39 Å². The summed E-state index contributed by atoms with van der Waals surface area (Å²) in [6.07, 6.45) is 6.06. The molecule has 0 saturated carbocycles. The molecule has 140 valence electrons. The second-order valence-corrected chi connectivity index (χ2v) is 6.06. The number of nitrogens with one attached hydrogen (secondary N) is 2. The summed E-state index contributed by atoms with van der Waals surface area (Å²) in [5.41, 5.74) is 1.73. The summed E-state index contributed by atoms with van der Waals surface area (Å²) in [6, 6.07) is 10.8. The molecule has 0 fully saturated rings. The largest absolute Gasteiger partial charge is 0.356 e. The number of imidazole rings is 1. The van der Waals surface area contributed by atoms with Gasteiger partial charge in [0.2, 0.25) is 0 Å². The van der Waals surface area contributed by atoms with Gasteiger partial charge in [-0.1, -0.05) is 24.3 Å². The maximum Gasteiger partial charge on any atom is 0.191 e. The lowest BCUT2D eigenvalue weighted by molar-refractivity contribution is 0.606. The van der Waals surface area contributed by atoms with Gasteiger partial charge in [-0.15, -0.1) is 0 Å². The molecular formula is C20H23FN6. The number of benzene rings is 1. The van der Waals surface area contributed by atoms with Crippen LogP contribution in [0.5, 0.6) is 0 Å². The number of halogens is 1. The fourth-order valence-corrected chi connectivity index (χ4v) is 2.71. The number of guanidine groups is 1. The van der Waals surface area contributed by atoms with Crippen LogP contribution in [0, 0.1) is 12.7 Å². The van der Waals surface area contributed by atoms with Crippen molar-refractivity contribution in [2.75, 3.05) is 13.6 Å². The molecule has 27 heavy (non-hydrogen) atoms. The molecule has 2 aromatic heterocycles. The Bertz CT molecular complexity index is 901. The van der Waals surface area contributed by atoms with Crippen LogP contribution in [0.1, 0.15) is 17.0 Å². The van der Waals surface area contributed by atoms with Gasteiger partial charge in [0.1, 0.15) is 17.5 Å². The number of rotatable bonds is 6. The monoisotopic (exact) mass is 366 g/mol. The lowest BCUT2D eigenvalue weighted by Crippen LogP contribution is -2.37. The Morgan fingerprint density at radius 2 is 2.00 bits per heavy atom. The van der Waals surface area contributed by atoms with Gasteiger partial charge < -0.3 is 10.6 Å². The second-order valence-electron chi connectivity index (χ2n) is 6.06. The third-order valence-corrected chi connectivity index (χ3v) is 4.21. The van der Waals surface area contributed by atoms with Gasteiger partial charge in [-0.3, -0.25) is 9.56 Å². The van der Waals surface area contributed by atoms with Gasteiger partial charge in [0, 0.05) is 38.7 Å². The summed E-state index contributed by atoms with van der Waals surface area (Å²) in [7, 11) is 1.71. The Kier molecular flexibility index (Phi) is 6.14. The number of aromatic nitrogens is 3. The molecule has 0 aliphatic carbocycles. The van der Waals surface area contributed by atoms with E-state index in [2.05, 4.69) is 25.6 Å². The minimum atomic E-state index is -0.179. The molecule has 0 unspecified atom stereocenters. The molecule has 1 aromatic carbocycles. The highest BCUT2D eigenvalue weighted by Gasteiger charge is 2.04. The average molecular weight is 366 g/mol. The number of hydrogen-bond acceptors (Lipinski definition) is 3. The first-order valence-electron chi connectivity index (χ1n) is 8.80. The van der Waals surface area contributed by atoms with Gasteiger partial charge in [0.05, 0.1) is 0 Å². The first kappa shape index (κ1) is 18.6. The lowest BCUT2D eigenvalue weighted by Gasteiger charge is -2.12. The molecule has 0 radical (unpaired) electrons. The Labute approximate surface area is 158 Å². The SMILES string of the molecule is CN=C(NCCc1ccccc1F)NCc1ccc(-n2ccnc2C)nc1. The van der Waals surface area contributed by atoms with Crippen molar-refractivity contribution in [3.63, 3.8) is 0 Å². The van der Waals surface area contributed by atoms with E-state index in [-0.39, 0.29) is 5.82 Å². The van der Waals surface area contributed by atoms with Crippen LogP contribution >= 0.6 is 0 Å². The van der Waals surface area contributed by atoms with Gasteiger partial charge in [0.25, 0.3) is 0 Å². The smallest absolute Gasteiger partial charge is 0.191 e. The Hall–Kier alpha value is -3.22. The third kappa shape index (κ3) is 4.91. The van der Waals surface area contributed by atoms with Crippen LogP contribution in [-0.4, -0.2) is 34.1 Å². The van der Waals surface area contributed by atoms with Crippen LogP contribution in [0.15, 0.2) is 60.0 Å². The minimum Gasteiger partial charge on any atom is -0.356 e. The first-order chi connectivity index (χ1) is 13.2. The maximum atomic E-state index is 13.6. The highest BCUT2D eigenvalue weighted by Crippen LogP contribution is 2.08. The molecule has 0 aliphatic heterocycles. The molecule has 0 spiro atoms. The Balaban J connectivity index is 1.49. The van der Waals surface area contributed by atoms with E-state index < -0.39 is 0 Å². The molecule has 0 saturated heterocycles. The molecule has 0 bridgehead atoms. The minimum absolute atomic E-state index is 0.179. The summed E-state index contributed by atoms with van der Waals surface area (Å²) in [5, 5.41) is 6.43. The van der Waals surface area contributed by atoms with Crippen molar-refractivity contribution in [2.45, 2.75) is 19.9 Å². The lowest BCUT2D eigenvalue weighted by atomic mass is 10.1. The van der Waals surface area contributed by atoms with Crippen molar-refractivity contribution in [1.29, 1.82) is 0 Å². The van der Waals surface area contributed by atoms with Crippen LogP contribution in [0.25, 0.3) is 5.82 Å². The highest BCUT2D eigenvalue weighted by molar-refractivity contribution is 5.79. The van der Waals surface area contributed by atoms with E-state index in [9.17, 15) is 4.39 Å². The van der Waals surface area contributed by atoms with Gasteiger partial charge in [-0.05, 0) is 36.6 Å². The molecule has 7 heteroatoms. The summed E-state index contributed by atoms with van der Waals surface area (Å²) >= 11 is 0. The predicted molar refractivity (Wildman–Crippen MR) is 104 cm³/mol. The van der Waals surface area contributed by atoms with Crippen molar-refractivity contribution >= 4 is 5.96 Å². The van der Waals surface area contributed by atoms with Crippen LogP contribution < -0.4 is 10.6 Å². The van der Waals surface area contributed by atoms with E-state index in [4.69, 9.17) is 0 Å². The zero-order valence-electron chi connectivity index (χ0n) is 15.5. The summed E-state index contributed by atoms with van der Waals surface area (Å²) < 4.78 is 15.6. The van der Waals surface area contributed by atoms with Gasteiger partial charge in [-0.25, -0.2) is 14.4 Å². The van der Waals surface area contributed by atoms with E-state index in [0.717, 1.165) is 17.2 Å². The predicted octanol–water partition coefficient (Wildman–Crippen LogP) is 2.62. The van der Waals surface area contributed by atoms with Crippen LogP contribution in [0.3, 0.4) is 0 Å². The van der Waals surface area contributed by atoms with Gasteiger partial charge in [-0.2, -0.15) is 0 Å². The molecule has 3 aromatic rings. The van der Waals surface area contributed by atoms with Crippen LogP contribution in [-0.2, 0) is 13.0 Å². The highest BCUT2D eigenvalue weighted by atomic mass is 19.1. The number of aryl methyl sites for hydroxylation is 1. The normalized spacial score (nSPS) is 11.4. The van der Waals surface area contributed by atoms with Gasteiger partial charge in [0.15, 0.2) is 5.96 Å². The molecule has 0 amide bonds. The van der Waals surface area contributed by atoms with Crippen molar-refractivity contribution < 1.29 is 4.39 Å². The first-order valence-corrected chi connectivity index (χ1v) is 8.80. The van der Waals surface area contributed by atoms with Crippen molar-refractivity contribution in [2.24, 2.45) is 4.99 Å². The number of pyridine rings is 1. The molecule has 0 aliphatic rings. The molecule has 2 heterocycles. The third-order valence-electron chi connectivity index (χ3n) is 4.21. The molecular weight excluding hydrogens is 343 g/mol. The van der Waals surface area contributed by atoms with E-state index in [1.54, 1.807) is 25.4 Å². The number of hydrogen-bond donors (Lipinski definition) is 2. The topological polar surface area (TPSA) is 67.1 Å². The van der Waals surface area contributed by atoms with Gasteiger partial charge >= 0.3 is 0 Å². The average Bonchev–Trinajstić information content (AvgIpc) is 3.12. The van der Waals surface area contributed by atoms with Crippen LogP contribution in [0.2, 0.25) is 0 Å². The van der Waals surface area contributed by atoms with Crippen molar-refractivity contribution in [3.05, 3.63) is 77.8 Å². The second kappa shape index (κ2) is 8.93. The zero-order chi connectivity index (χ0) is 19.1. The molecule has 0 atom stereocenters. The fourth-order valence-electron chi connectivity index (χ4n) is 2.71. The van der Waals surface area contributed by atoms with Crippen molar-refractivity contribution in [1.82, 2.24) is 25.2 Å². The Morgan fingerprint density at radius 1 is 1.15 bits per heavy atom. The van der Waals surface area contributed by atoms with E-state index >= 15 is 0 Å². The standard InChI is InChI=1S/C20H23FN6/c1-15-23-11-12-27(15)19-8-7-16(13-25-19)14-26-20(22-2)24-10-9-17-5-3-4-6-18(17)21/h3-8,11-13H,9-10,14H2,1-2H3,(H2,22,24,26). The zero-order valence-corrected chi connectivity index (χ0v) is 15.5. The Morgan fingerprint density at radius 3 is 2.67 bits per heavy atom. The van der Waals surface area contributed by atoms with E-state index in [0.29, 0.717) is 31.0 Å². The number of aliphatic imine (C=N–C) groups is 1. The molecule has 2 N–H and O–H groups in total. The quantitative estimate of drug-likeness (QED) is 0.520. The van der Waals surface area contributed by atoms with E-state index in [1.807, 2.05) is 42.1 Å². The fraction of sp³-hybridized carbons (Fsp3) is 0.250. The summed E-state index contributed by atoms with van der Waals surface area (Å²) in [5.74, 6) is 2.22. The van der Waals surface area contributed by atoms with Crippen molar-refractivity contribution in [3.8, 4) is 5.82 Å². The summed E-state index contributed by atoms with van der Waals surface area (Å²) in [6.45, 7) is 3.13. The molecule has 3 rings (SSSR count).